The first kappa shape index (κ1) is 20.4. The van der Waals surface area contributed by atoms with Crippen molar-refractivity contribution >= 4 is 5.97 Å². The van der Waals surface area contributed by atoms with Crippen LogP contribution in [0.5, 0.6) is 5.75 Å². The highest BCUT2D eigenvalue weighted by Crippen LogP contribution is 2.40. The van der Waals surface area contributed by atoms with Gasteiger partial charge in [-0.2, -0.15) is 0 Å². The largest absolute Gasteiger partial charge is 0.494 e. The average molecular weight is 383 g/mol. The minimum absolute atomic E-state index is 0.331. The van der Waals surface area contributed by atoms with Gasteiger partial charge in [0.1, 0.15) is 5.75 Å². The van der Waals surface area contributed by atoms with Crippen LogP contribution in [0.25, 0.3) is 11.1 Å². The third-order valence-electron chi connectivity index (χ3n) is 5.79. The molecule has 4 heteroatoms. The van der Waals surface area contributed by atoms with Crippen molar-refractivity contribution in [2.45, 2.75) is 57.5 Å². The summed E-state index contributed by atoms with van der Waals surface area (Å²) in [5.74, 6) is -0.196. The second-order valence-corrected chi connectivity index (χ2v) is 7.80. The molecule has 2 N–H and O–H groups in total. The fourth-order valence-electron chi connectivity index (χ4n) is 3.89. The third-order valence-corrected chi connectivity index (χ3v) is 5.79. The molecule has 0 aliphatic heterocycles. The van der Waals surface area contributed by atoms with Crippen LogP contribution in [0.3, 0.4) is 0 Å². The van der Waals surface area contributed by atoms with Gasteiger partial charge < -0.3 is 14.9 Å². The van der Waals surface area contributed by atoms with Crippen molar-refractivity contribution in [1.29, 1.82) is 0 Å². The molecule has 1 fully saturated rings. The van der Waals surface area contributed by atoms with Gasteiger partial charge in [-0.15, -0.1) is 0 Å². The summed E-state index contributed by atoms with van der Waals surface area (Å²) < 4.78 is 5.76. The molecule has 0 spiro atoms. The van der Waals surface area contributed by atoms with E-state index in [1.165, 1.54) is 12.8 Å². The number of rotatable bonds is 8. The van der Waals surface area contributed by atoms with Crippen molar-refractivity contribution in [1.82, 2.24) is 0 Å². The molecule has 0 amide bonds. The Bertz CT molecular complexity index is 756. The van der Waals surface area contributed by atoms with Crippen LogP contribution in [-0.2, 0) is 10.4 Å². The number of carbonyl (C=O) groups is 1. The van der Waals surface area contributed by atoms with Gasteiger partial charge in [0, 0.05) is 0 Å². The Hall–Kier alpha value is -2.33. The smallest absolute Gasteiger partial charge is 0.306 e. The van der Waals surface area contributed by atoms with E-state index < -0.39 is 11.6 Å². The van der Waals surface area contributed by atoms with Gasteiger partial charge in [0.15, 0.2) is 0 Å². The van der Waals surface area contributed by atoms with E-state index in [2.05, 4.69) is 19.1 Å². The van der Waals surface area contributed by atoms with Crippen molar-refractivity contribution in [3.8, 4) is 16.9 Å². The predicted molar refractivity (Wildman–Crippen MR) is 110 cm³/mol. The van der Waals surface area contributed by atoms with Crippen molar-refractivity contribution in [3.63, 3.8) is 0 Å². The molecule has 0 heterocycles. The maximum Gasteiger partial charge on any atom is 0.306 e. The molecule has 150 valence electrons. The van der Waals surface area contributed by atoms with Gasteiger partial charge in [0.25, 0.3) is 0 Å². The Morgan fingerprint density at radius 1 is 1.00 bits per heavy atom. The Morgan fingerprint density at radius 2 is 1.57 bits per heavy atom. The fraction of sp³-hybridized carbons (Fsp3) is 0.458. The monoisotopic (exact) mass is 382 g/mol. The number of carboxylic acids is 1. The van der Waals surface area contributed by atoms with Crippen molar-refractivity contribution in [2.24, 2.45) is 5.92 Å². The van der Waals surface area contributed by atoms with Crippen LogP contribution in [0.1, 0.15) is 57.4 Å². The first-order valence-corrected chi connectivity index (χ1v) is 10.3. The van der Waals surface area contributed by atoms with E-state index in [-0.39, 0.29) is 5.92 Å². The van der Waals surface area contributed by atoms with E-state index in [0.717, 1.165) is 35.5 Å². The maximum absolute atomic E-state index is 11.1. The van der Waals surface area contributed by atoms with Crippen LogP contribution in [0, 0.1) is 5.92 Å². The molecule has 0 radical (unpaired) electrons. The number of benzene rings is 2. The average Bonchev–Trinajstić information content (AvgIpc) is 2.72. The SMILES string of the molecule is CCCCCOc1ccc(-c2ccc(C3(O)CCC(C(=O)O)CC3)cc2)cc1. The van der Waals surface area contributed by atoms with Crippen LogP contribution in [0.15, 0.2) is 48.5 Å². The van der Waals surface area contributed by atoms with E-state index in [1.807, 2.05) is 36.4 Å². The van der Waals surface area contributed by atoms with Gasteiger partial charge in [0.05, 0.1) is 18.1 Å². The highest BCUT2D eigenvalue weighted by atomic mass is 16.5. The van der Waals surface area contributed by atoms with E-state index in [0.29, 0.717) is 25.7 Å². The zero-order chi connectivity index (χ0) is 20.0. The number of hydrogen-bond acceptors (Lipinski definition) is 3. The molecule has 0 unspecified atom stereocenters. The molecule has 1 aliphatic carbocycles. The van der Waals surface area contributed by atoms with Crippen molar-refractivity contribution in [2.75, 3.05) is 6.61 Å². The molecule has 1 aliphatic rings. The second kappa shape index (κ2) is 9.24. The number of aliphatic hydroxyl groups is 1. The topological polar surface area (TPSA) is 66.8 Å². The molecule has 2 aromatic carbocycles. The molecule has 0 atom stereocenters. The molecule has 2 aromatic rings. The number of hydrogen-bond donors (Lipinski definition) is 2. The third kappa shape index (κ3) is 4.93. The molecule has 28 heavy (non-hydrogen) atoms. The molecule has 0 bridgehead atoms. The zero-order valence-electron chi connectivity index (χ0n) is 16.6. The molecule has 0 aromatic heterocycles. The fourth-order valence-corrected chi connectivity index (χ4v) is 3.89. The highest BCUT2D eigenvalue weighted by Gasteiger charge is 2.36. The molecular formula is C24H30O4. The zero-order valence-corrected chi connectivity index (χ0v) is 16.6. The van der Waals surface area contributed by atoms with E-state index in [9.17, 15) is 9.90 Å². The number of unbranched alkanes of at least 4 members (excludes halogenated alkanes) is 2. The summed E-state index contributed by atoms with van der Waals surface area (Å²) in [5, 5.41) is 20.1. The second-order valence-electron chi connectivity index (χ2n) is 7.80. The van der Waals surface area contributed by atoms with Crippen LogP contribution >= 0.6 is 0 Å². The Morgan fingerprint density at radius 3 is 2.11 bits per heavy atom. The summed E-state index contributed by atoms with van der Waals surface area (Å²) in [4.78, 5) is 11.1. The minimum Gasteiger partial charge on any atom is -0.494 e. The number of aliphatic carboxylic acids is 1. The lowest BCUT2D eigenvalue weighted by Gasteiger charge is -2.35. The van der Waals surface area contributed by atoms with Crippen LogP contribution in [-0.4, -0.2) is 22.8 Å². The van der Waals surface area contributed by atoms with E-state index >= 15 is 0 Å². The summed E-state index contributed by atoms with van der Waals surface area (Å²) in [5.41, 5.74) is 2.15. The molecule has 0 saturated heterocycles. The van der Waals surface area contributed by atoms with Gasteiger partial charge in [-0.05, 0) is 60.9 Å². The summed E-state index contributed by atoms with van der Waals surface area (Å²) in [6.07, 6.45) is 5.48. The Kier molecular flexibility index (Phi) is 6.74. The lowest BCUT2D eigenvalue weighted by Crippen LogP contribution is -2.33. The van der Waals surface area contributed by atoms with Gasteiger partial charge in [-0.1, -0.05) is 56.2 Å². The van der Waals surface area contributed by atoms with Crippen LogP contribution < -0.4 is 4.74 Å². The van der Waals surface area contributed by atoms with Crippen LogP contribution in [0.2, 0.25) is 0 Å². The normalized spacial score (nSPS) is 22.0. The van der Waals surface area contributed by atoms with E-state index in [4.69, 9.17) is 9.84 Å². The number of ether oxygens (including phenoxy) is 1. The summed E-state index contributed by atoms with van der Waals surface area (Å²) >= 11 is 0. The lowest BCUT2D eigenvalue weighted by molar-refractivity contribution is -0.145. The van der Waals surface area contributed by atoms with Crippen molar-refractivity contribution in [3.05, 3.63) is 54.1 Å². The quantitative estimate of drug-likeness (QED) is 0.601. The Labute approximate surface area is 167 Å². The lowest BCUT2D eigenvalue weighted by atomic mass is 9.75. The first-order valence-electron chi connectivity index (χ1n) is 10.3. The van der Waals surface area contributed by atoms with Crippen LogP contribution in [0.4, 0.5) is 0 Å². The summed E-state index contributed by atoms with van der Waals surface area (Å²) in [7, 11) is 0. The standard InChI is InChI=1S/C24H30O4/c1-2-3-4-17-28-22-11-7-19(8-12-22)18-5-9-21(10-6-18)24(27)15-13-20(14-16-24)23(25)26/h5-12,20,27H,2-4,13-17H2,1H3,(H,25,26). The van der Waals surface area contributed by atoms with Gasteiger partial charge >= 0.3 is 5.97 Å². The summed E-state index contributed by atoms with van der Waals surface area (Å²) in [6, 6.07) is 16.1. The maximum atomic E-state index is 11.1. The van der Waals surface area contributed by atoms with Gasteiger partial charge in [-0.3, -0.25) is 4.79 Å². The molecule has 3 rings (SSSR count). The number of carboxylic acid groups (broad SMARTS) is 1. The van der Waals surface area contributed by atoms with Gasteiger partial charge in [-0.25, -0.2) is 0 Å². The summed E-state index contributed by atoms with van der Waals surface area (Å²) in [6.45, 7) is 2.93. The Balaban J connectivity index is 1.62. The highest BCUT2D eigenvalue weighted by molar-refractivity contribution is 5.70. The van der Waals surface area contributed by atoms with Gasteiger partial charge in [0.2, 0.25) is 0 Å². The first-order chi connectivity index (χ1) is 13.5. The predicted octanol–water partition coefficient (Wildman–Crippen LogP) is 5.39. The van der Waals surface area contributed by atoms with E-state index in [1.54, 1.807) is 0 Å². The van der Waals surface area contributed by atoms with Crippen molar-refractivity contribution < 1.29 is 19.7 Å². The molecular weight excluding hydrogens is 352 g/mol. The molecule has 1 saturated carbocycles. The minimum atomic E-state index is -0.916. The molecule has 4 nitrogen and oxygen atoms in total.